The third kappa shape index (κ3) is 2.86. The van der Waals surface area contributed by atoms with Crippen molar-refractivity contribution in [3.63, 3.8) is 0 Å². The molecule has 1 atom stereocenters. The van der Waals surface area contributed by atoms with Crippen LogP contribution in [0.15, 0.2) is 54.6 Å². The van der Waals surface area contributed by atoms with Gasteiger partial charge in [-0.05, 0) is 36.8 Å². The fraction of sp³-hybridized carbons (Fsp3) is 0.176. The number of likely N-dealkylation sites (N-methyl/N-ethyl adjacent to an activating group) is 1. The number of carbonyl (C=O) groups excluding carboxylic acids is 1. The van der Waals surface area contributed by atoms with Crippen molar-refractivity contribution in [3.05, 3.63) is 65.7 Å². The number of hydrogen-bond donors (Lipinski definition) is 0. The zero-order chi connectivity index (χ0) is 14.5. The molecule has 1 amide bonds. The highest BCUT2D eigenvalue weighted by Gasteiger charge is 2.20. The van der Waals surface area contributed by atoms with Crippen LogP contribution in [0.1, 0.15) is 24.0 Å². The van der Waals surface area contributed by atoms with Crippen molar-refractivity contribution in [2.45, 2.75) is 12.8 Å². The van der Waals surface area contributed by atoms with Crippen molar-refractivity contribution in [1.82, 2.24) is 0 Å². The van der Waals surface area contributed by atoms with Crippen molar-refractivity contribution in [3.8, 4) is 6.07 Å². The SMILES string of the molecule is CC(C(=O)N(C)c1ccc(C#N)cc1)c1ccccc1. The summed E-state index contributed by atoms with van der Waals surface area (Å²) in [5.41, 5.74) is 2.38. The Balaban J connectivity index is 2.18. The van der Waals surface area contributed by atoms with Crippen molar-refractivity contribution in [2.75, 3.05) is 11.9 Å². The Morgan fingerprint density at radius 3 is 2.25 bits per heavy atom. The first-order chi connectivity index (χ1) is 9.63. The smallest absolute Gasteiger partial charge is 0.233 e. The predicted octanol–water partition coefficient (Wildman–Crippen LogP) is 3.32. The van der Waals surface area contributed by atoms with E-state index >= 15 is 0 Å². The van der Waals surface area contributed by atoms with Crippen LogP contribution < -0.4 is 4.90 Å². The van der Waals surface area contributed by atoms with Crippen molar-refractivity contribution in [2.24, 2.45) is 0 Å². The summed E-state index contributed by atoms with van der Waals surface area (Å²) in [6, 6.07) is 18.8. The van der Waals surface area contributed by atoms with E-state index in [0.717, 1.165) is 11.3 Å². The highest BCUT2D eigenvalue weighted by Crippen LogP contribution is 2.21. The van der Waals surface area contributed by atoms with Crippen LogP contribution in [0.5, 0.6) is 0 Å². The number of nitrogens with zero attached hydrogens (tertiary/aromatic N) is 2. The molecule has 0 saturated carbocycles. The first kappa shape index (κ1) is 13.8. The van der Waals surface area contributed by atoms with E-state index in [9.17, 15) is 4.79 Å². The van der Waals surface area contributed by atoms with Gasteiger partial charge in [0.2, 0.25) is 5.91 Å². The lowest BCUT2D eigenvalue weighted by molar-refractivity contribution is -0.119. The van der Waals surface area contributed by atoms with Crippen molar-refractivity contribution < 1.29 is 4.79 Å². The van der Waals surface area contributed by atoms with Crippen LogP contribution >= 0.6 is 0 Å². The molecule has 1 unspecified atom stereocenters. The number of rotatable bonds is 3. The summed E-state index contributed by atoms with van der Waals surface area (Å²) in [5, 5.41) is 8.78. The molecule has 3 nitrogen and oxygen atoms in total. The van der Waals surface area contributed by atoms with Gasteiger partial charge in [0, 0.05) is 12.7 Å². The van der Waals surface area contributed by atoms with E-state index in [4.69, 9.17) is 5.26 Å². The normalized spacial score (nSPS) is 11.4. The second-order valence-electron chi connectivity index (χ2n) is 4.69. The van der Waals surface area contributed by atoms with Crippen molar-refractivity contribution >= 4 is 11.6 Å². The van der Waals surface area contributed by atoms with Crippen LogP contribution in [0.2, 0.25) is 0 Å². The molecular formula is C17H16N2O. The Kier molecular flexibility index (Phi) is 4.17. The van der Waals surface area contributed by atoms with Crippen LogP contribution in [-0.2, 0) is 4.79 Å². The summed E-state index contributed by atoms with van der Waals surface area (Å²) in [7, 11) is 1.75. The lowest BCUT2D eigenvalue weighted by Gasteiger charge is -2.21. The fourth-order valence-corrected chi connectivity index (χ4v) is 2.06. The van der Waals surface area contributed by atoms with Gasteiger partial charge in [0.15, 0.2) is 0 Å². The number of benzene rings is 2. The Morgan fingerprint density at radius 2 is 1.70 bits per heavy atom. The Hall–Kier alpha value is -2.60. The second kappa shape index (κ2) is 6.03. The summed E-state index contributed by atoms with van der Waals surface area (Å²) in [4.78, 5) is 14.1. The largest absolute Gasteiger partial charge is 0.315 e. The minimum atomic E-state index is -0.197. The zero-order valence-corrected chi connectivity index (χ0v) is 11.6. The maximum absolute atomic E-state index is 12.5. The molecule has 0 fully saturated rings. The van der Waals surface area contributed by atoms with Gasteiger partial charge in [0.05, 0.1) is 17.6 Å². The maximum atomic E-state index is 12.5. The molecule has 0 spiro atoms. The molecule has 0 saturated heterocycles. The van der Waals surface area contributed by atoms with E-state index in [-0.39, 0.29) is 11.8 Å². The molecule has 100 valence electrons. The van der Waals surface area contributed by atoms with E-state index in [2.05, 4.69) is 6.07 Å². The van der Waals surface area contributed by atoms with Crippen LogP contribution in [-0.4, -0.2) is 13.0 Å². The average molecular weight is 264 g/mol. The molecule has 0 bridgehead atoms. The summed E-state index contributed by atoms with van der Waals surface area (Å²) in [6.07, 6.45) is 0. The summed E-state index contributed by atoms with van der Waals surface area (Å²) < 4.78 is 0. The van der Waals surface area contributed by atoms with Gasteiger partial charge in [-0.25, -0.2) is 0 Å². The molecule has 3 heteroatoms. The summed E-state index contributed by atoms with van der Waals surface area (Å²) in [5.74, 6) is -0.169. The Labute approximate surface area is 119 Å². The van der Waals surface area contributed by atoms with Gasteiger partial charge in [-0.15, -0.1) is 0 Å². The molecule has 0 heterocycles. The van der Waals surface area contributed by atoms with E-state index in [1.165, 1.54) is 0 Å². The third-order valence-electron chi connectivity index (χ3n) is 3.38. The molecule has 2 aromatic carbocycles. The van der Waals surface area contributed by atoms with Gasteiger partial charge in [-0.2, -0.15) is 5.26 Å². The predicted molar refractivity (Wildman–Crippen MR) is 79.4 cm³/mol. The van der Waals surface area contributed by atoms with Gasteiger partial charge in [0.1, 0.15) is 0 Å². The zero-order valence-electron chi connectivity index (χ0n) is 11.6. The van der Waals surface area contributed by atoms with Gasteiger partial charge in [-0.3, -0.25) is 4.79 Å². The number of nitriles is 1. The van der Waals surface area contributed by atoms with E-state index in [1.54, 1.807) is 36.2 Å². The van der Waals surface area contributed by atoms with Crippen LogP contribution in [0.25, 0.3) is 0 Å². The first-order valence-electron chi connectivity index (χ1n) is 6.46. The van der Waals surface area contributed by atoms with Gasteiger partial charge in [-0.1, -0.05) is 30.3 Å². The topological polar surface area (TPSA) is 44.1 Å². The van der Waals surface area contributed by atoms with Gasteiger partial charge < -0.3 is 4.90 Å². The monoisotopic (exact) mass is 264 g/mol. The summed E-state index contributed by atoms with van der Waals surface area (Å²) in [6.45, 7) is 1.90. The van der Waals surface area contributed by atoms with Gasteiger partial charge in [0.25, 0.3) is 0 Å². The van der Waals surface area contributed by atoms with Crippen LogP contribution in [0.4, 0.5) is 5.69 Å². The highest BCUT2D eigenvalue weighted by atomic mass is 16.2. The van der Waals surface area contributed by atoms with E-state index < -0.39 is 0 Å². The van der Waals surface area contributed by atoms with E-state index in [1.807, 2.05) is 37.3 Å². The standard InChI is InChI=1S/C17H16N2O/c1-13(15-6-4-3-5-7-15)17(20)19(2)16-10-8-14(12-18)9-11-16/h3-11,13H,1-2H3. The highest BCUT2D eigenvalue weighted by molar-refractivity contribution is 5.97. The first-order valence-corrected chi connectivity index (χ1v) is 6.46. The number of hydrogen-bond acceptors (Lipinski definition) is 2. The molecule has 0 aromatic heterocycles. The van der Waals surface area contributed by atoms with Gasteiger partial charge >= 0.3 is 0 Å². The molecule has 2 aromatic rings. The Morgan fingerprint density at radius 1 is 1.10 bits per heavy atom. The molecular weight excluding hydrogens is 248 g/mol. The quantitative estimate of drug-likeness (QED) is 0.853. The molecule has 20 heavy (non-hydrogen) atoms. The third-order valence-corrected chi connectivity index (χ3v) is 3.38. The minimum Gasteiger partial charge on any atom is -0.315 e. The fourth-order valence-electron chi connectivity index (χ4n) is 2.06. The van der Waals surface area contributed by atoms with E-state index in [0.29, 0.717) is 5.56 Å². The van der Waals surface area contributed by atoms with Crippen LogP contribution in [0.3, 0.4) is 0 Å². The Bertz CT molecular complexity index is 626. The second-order valence-corrected chi connectivity index (χ2v) is 4.69. The lowest BCUT2D eigenvalue weighted by Crippen LogP contribution is -2.30. The molecule has 0 aliphatic carbocycles. The molecule has 0 N–H and O–H groups in total. The number of anilines is 1. The molecule has 0 aliphatic rings. The molecule has 0 aliphatic heterocycles. The number of amides is 1. The minimum absolute atomic E-state index is 0.0286. The number of carbonyl (C=O) groups is 1. The molecule has 2 rings (SSSR count). The maximum Gasteiger partial charge on any atom is 0.233 e. The molecule has 0 radical (unpaired) electrons. The van der Waals surface area contributed by atoms with Crippen LogP contribution in [0, 0.1) is 11.3 Å². The lowest BCUT2D eigenvalue weighted by atomic mass is 10.00. The summed E-state index contributed by atoms with van der Waals surface area (Å²) >= 11 is 0. The average Bonchev–Trinajstić information content (AvgIpc) is 2.53. The van der Waals surface area contributed by atoms with Crippen molar-refractivity contribution in [1.29, 1.82) is 5.26 Å².